The summed E-state index contributed by atoms with van der Waals surface area (Å²) < 4.78 is 72.7. The lowest BCUT2D eigenvalue weighted by Crippen LogP contribution is -2.37. The van der Waals surface area contributed by atoms with E-state index in [2.05, 4.69) is 19.9 Å². The summed E-state index contributed by atoms with van der Waals surface area (Å²) in [6.07, 6.45) is -4.60. The number of hydrogen-bond acceptors (Lipinski definition) is 18. The quantitative estimate of drug-likeness (QED) is 0.129. The van der Waals surface area contributed by atoms with Crippen LogP contribution in [0, 0.1) is 0 Å². The number of methoxy groups -OCH3 is 1. The molecule has 5 N–H and O–H groups in total. The van der Waals surface area contributed by atoms with Gasteiger partial charge in [-0.1, -0.05) is 24.3 Å². The Morgan fingerprint density at radius 1 is 0.948 bits per heavy atom. The standard InChI is InChI=1S/C34H35N7O14P2S/c1-49-29-24-14-50-56(46,47)54-22-12-26(40-11-10-25(43)39-34(40)45)52-23(22)13-51-57(48,55-30(29)33(53-24)41-17-38-27-31(35)36-16-37-32(27)41)58-15-18-2-4-19(5-3-18)28(44)20-6-8-21(42)9-7-20/h2-11,16-17,22-24,26,29-30,33,42H,12-15H2,1H3,(H,46,47)(H2,35,36,37)(H,39,43,45)/t22-,23+,24+,26+,29+,30+,33+,57?/m0/s1. The van der Waals surface area contributed by atoms with E-state index in [9.17, 15) is 28.9 Å². The lowest BCUT2D eigenvalue weighted by atomic mass is 10.0. The SMILES string of the molecule is CO[C@H]1[C@H]2OP(=O)(SCc3ccc(C(=O)c4ccc(O)cc4)cc3)OC[C@H]3O[C@@H](n4ccc(=O)[nH]c4=O)C[C@@H]3OP(=O)(O)OC[C@H]1O[C@H]2n1cnc2c(N)ncnc21. The second-order valence-electron chi connectivity index (χ2n) is 13.3. The van der Waals surface area contributed by atoms with E-state index in [4.69, 9.17) is 38.0 Å². The van der Waals surface area contributed by atoms with Crippen molar-refractivity contribution in [2.45, 2.75) is 55.1 Å². The van der Waals surface area contributed by atoms with Crippen LogP contribution in [0.4, 0.5) is 5.82 Å². The van der Waals surface area contributed by atoms with Crippen LogP contribution in [0.25, 0.3) is 11.2 Å². The third-order valence-corrected chi connectivity index (χ3v) is 14.3. The van der Waals surface area contributed by atoms with Crippen LogP contribution in [0.3, 0.4) is 0 Å². The van der Waals surface area contributed by atoms with E-state index >= 15 is 4.57 Å². The molecule has 58 heavy (non-hydrogen) atoms. The van der Waals surface area contributed by atoms with Gasteiger partial charge in [0.1, 0.15) is 54.3 Å². The number of nitrogens with two attached hydrogens (primary N) is 1. The highest BCUT2D eigenvalue weighted by Gasteiger charge is 2.53. The second kappa shape index (κ2) is 16.2. The molecular formula is C34H35N7O14P2S. The number of aromatic hydroxyl groups is 1. The number of H-pyrrole nitrogens is 1. The molecule has 0 radical (unpaired) electrons. The molecule has 0 spiro atoms. The fourth-order valence-electron chi connectivity index (χ4n) is 6.77. The van der Waals surface area contributed by atoms with Crippen LogP contribution in [0.5, 0.6) is 5.75 Å². The number of carbonyl (C=O) groups excluding carboxylic acids is 1. The van der Waals surface area contributed by atoms with Crippen LogP contribution < -0.4 is 17.0 Å². The van der Waals surface area contributed by atoms with E-state index in [-0.39, 0.29) is 40.7 Å². The third kappa shape index (κ3) is 8.31. The molecule has 0 amide bonds. The number of ether oxygens (including phenoxy) is 3. The van der Waals surface area contributed by atoms with Gasteiger partial charge in [-0.25, -0.2) is 28.9 Å². The van der Waals surface area contributed by atoms with Crippen molar-refractivity contribution in [3.05, 3.63) is 111 Å². The highest BCUT2D eigenvalue weighted by Crippen LogP contribution is 2.65. The molecule has 24 heteroatoms. The Morgan fingerprint density at radius 3 is 2.40 bits per heavy atom. The van der Waals surface area contributed by atoms with Gasteiger partial charge in [-0.05, 0) is 41.2 Å². The Morgan fingerprint density at radius 2 is 1.67 bits per heavy atom. The second-order valence-corrected chi connectivity index (χ2v) is 18.7. The number of phenolic OH excluding ortho intramolecular Hbond substituents is 1. The first-order chi connectivity index (χ1) is 27.8. The molecule has 5 aromatic rings. The van der Waals surface area contributed by atoms with Crippen LogP contribution in [0.15, 0.2) is 83.0 Å². The first-order valence-corrected chi connectivity index (χ1v) is 22.2. The number of fused-ring (bicyclic) bond motifs is 4. The minimum Gasteiger partial charge on any atom is -0.508 e. The Kier molecular flexibility index (Phi) is 11.3. The number of aromatic amines is 1. The average molecular weight is 860 g/mol. The Hall–Kier alpha value is -4.57. The summed E-state index contributed by atoms with van der Waals surface area (Å²) in [6.45, 7) is -5.48. The highest BCUT2D eigenvalue weighted by molar-refractivity contribution is 8.54. The molecule has 0 saturated carbocycles. The number of imidazole rings is 1. The van der Waals surface area contributed by atoms with Gasteiger partial charge in [-0.2, -0.15) is 0 Å². The van der Waals surface area contributed by atoms with E-state index in [1.54, 1.807) is 24.3 Å². The maximum absolute atomic E-state index is 15.1. The van der Waals surface area contributed by atoms with Crippen molar-refractivity contribution >= 4 is 48.8 Å². The molecule has 21 nitrogen and oxygen atoms in total. The van der Waals surface area contributed by atoms with E-state index in [1.165, 1.54) is 54.8 Å². The monoisotopic (exact) mass is 859 g/mol. The molecule has 3 aromatic heterocycles. The summed E-state index contributed by atoms with van der Waals surface area (Å²) in [5.74, 6) is -0.124. The molecule has 9 atom stereocenters. The van der Waals surface area contributed by atoms with Crippen molar-refractivity contribution in [3.63, 3.8) is 0 Å². The van der Waals surface area contributed by atoms with Crippen LogP contribution in [-0.2, 0) is 47.2 Å². The lowest BCUT2D eigenvalue weighted by molar-refractivity contribution is -0.0636. The van der Waals surface area contributed by atoms with Crippen LogP contribution in [0.2, 0.25) is 0 Å². The molecule has 306 valence electrons. The topological polar surface area (TPSA) is 281 Å². The molecular weight excluding hydrogens is 824 g/mol. The Labute approximate surface area is 331 Å². The van der Waals surface area contributed by atoms with Gasteiger partial charge in [-0.3, -0.25) is 41.8 Å². The van der Waals surface area contributed by atoms with Crippen molar-refractivity contribution < 1.29 is 56.2 Å². The molecule has 8 rings (SSSR count). The van der Waals surface area contributed by atoms with E-state index in [0.717, 1.165) is 22.0 Å². The fraction of sp³-hybridized carbons (Fsp3) is 0.353. The number of benzene rings is 2. The number of ketones is 1. The summed E-state index contributed by atoms with van der Waals surface area (Å²) in [6, 6.07) is 13.5. The van der Waals surface area contributed by atoms with Gasteiger partial charge in [0.2, 0.25) is 0 Å². The summed E-state index contributed by atoms with van der Waals surface area (Å²) in [4.78, 5) is 63.1. The first-order valence-electron chi connectivity index (χ1n) is 17.5. The molecule has 2 unspecified atom stereocenters. The fourth-order valence-corrected chi connectivity index (χ4v) is 11.1. The number of nitrogens with one attached hydrogen (secondary N) is 1. The maximum atomic E-state index is 15.1. The number of phosphoric ester groups is 1. The number of nitrogens with zero attached hydrogens (tertiary/aromatic N) is 5. The molecule has 2 aromatic carbocycles. The zero-order valence-corrected chi connectivity index (χ0v) is 32.8. The molecule has 6 heterocycles. The van der Waals surface area contributed by atoms with Crippen molar-refractivity contribution in [2.75, 3.05) is 26.1 Å². The molecule has 3 saturated heterocycles. The molecule has 3 fully saturated rings. The van der Waals surface area contributed by atoms with Crippen molar-refractivity contribution in [2.24, 2.45) is 0 Å². The number of anilines is 1. The number of carbonyl (C=O) groups is 1. The third-order valence-electron chi connectivity index (χ3n) is 9.61. The van der Waals surface area contributed by atoms with E-state index in [1.807, 2.05) is 0 Å². The lowest BCUT2D eigenvalue weighted by Gasteiger charge is -2.28. The van der Waals surface area contributed by atoms with Gasteiger partial charge >= 0.3 is 20.3 Å². The molecule has 0 aliphatic carbocycles. The summed E-state index contributed by atoms with van der Waals surface area (Å²) in [5, 5.41) is 9.61. The van der Waals surface area contributed by atoms with Gasteiger partial charge < -0.3 is 29.9 Å². The number of nitrogen functional groups attached to an aromatic ring is 1. The van der Waals surface area contributed by atoms with Gasteiger partial charge in [0, 0.05) is 42.7 Å². The molecule has 2 bridgehead atoms. The van der Waals surface area contributed by atoms with Gasteiger partial charge in [-0.15, -0.1) is 0 Å². The van der Waals surface area contributed by atoms with Gasteiger partial charge in [0.05, 0.1) is 19.5 Å². The van der Waals surface area contributed by atoms with Gasteiger partial charge in [0.15, 0.2) is 23.5 Å². The van der Waals surface area contributed by atoms with Crippen molar-refractivity contribution in [1.82, 2.24) is 29.1 Å². The highest BCUT2D eigenvalue weighted by atomic mass is 32.7. The number of phosphoric acid groups is 1. The Bertz CT molecular complexity index is 2540. The average Bonchev–Trinajstić information content (AvgIpc) is 3.91. The summed E-state index contributed by atoms with van der Waals surface area (Å²) >= 11 is 0.802. The predicted octanol–water partition coefficient (Wildman–Crippen LogP) is 3.05. The normalized spacial score (nSPS) is 30.3. The van der Waals surface area contributed by atoms with Crippen LogP contribution in [-0.4, -0.2) is 95.7 Å². The van der Waals surface area contributed by atoms with Gasteiger partial charge in [0.25, 0.3) is 5.56 Å². The van der Waals surface area contributed by atoms with Crippen LogP contribution >= 0.6 is 26.0 Å². The number of phenols is 1. The zero-order chi connectivity index (χ0) is 40.8. The van der Waals surface area contributed by atoms with E-state index in [0.29, 0.717) is 16.7 Å². The number of hydrogen-bond donors (Lipinski definition) is 4. The van der Waals surface area contributed by atoms with Crippen LogP contribution in [0.1, 0.15) is 40.4 Å². The maximum Gasteiger partial charge on any atom is 0.472 e. The minimum atomic E-state index is -4.90. The molecule has 3 aliphatic heterocycles. The zero-order valence-electron chi connectivity index (χ0n) is 30.2. The smallest absolute Gasteiger partial charge is 0.472 e. The van der Waals surface area contributed by atoms with Crippen molar-refractivity contribution in [1.29, 1.82) is 0 Å². The Balaban J connectivity index is 1.12. The van der Waals surface area contributed by atoms with E-state index < -0.39 is 82.1 Å². The van der Waals surface area contributed by atoms with Crippen molar-refractivity contribution in [3.8, 4) is 5.75 Å². The summed E-state index contributed by atoms with van der Waals surface area (Å²) in [5.41, 5.74) is 6.45. The molecule has 3 aliphatic rings. The largest absolute Gasteiger partial charge is 0.508 e. The number of rotatable bonds is 8. The number of aromatic nitrogens is 6. The predicted molar refractivity (Wildman–Crippen MR) is 203 cm³/mol. The minimum absolute atomic E-state index is 0.0266. The first kappa shape index (κ1) is 40.2. The summed E-state index contributed by atoms with van der Waals surface area (Å²) in [7, 11) is -3.55.